The summed E-state index contributed by atoms with van der Waals surface area (Å²) in [7, 11) is 0. The zero-order chi connectivity index (χ0) is 6.41. The molecule has 0 aromatic heterocycles. The Hall–Kier alpha value is -0.120. The summed E-state index contributed by atoms with van der Waals surface area (Å²) in [6, 6.07) is 0. The van der Waals surface area contributed by atoms with Crippen LogP contribution in [0.1, 0.15) is 6.92 Å². The van der Waals surface area contributed by atoms with Gasteiger partial charge in [0, 0.05) is 19.6 Å². The molecule has 0 heterocycles. The van der Waals surface area contributed by atoms with Gasteiger partial charge < -0.3 is 16.2 Å². The van der Waals surface area contributed by atoms with Crippen LogP contribution in [0, 0.1) is 0 Å². The van der Waals surface area contributed by atoms with E-state index < -0.39 is 0 Å². The number of nitrogens with two attached hydrogens (primary N) is 1. The van der Waals surface area contributed by atoms with Gasteiger partial charge in [0.15, 0.2) is 0 Å². The van der Waals surface area contributed by atoms with Crippen molar-refractivity contribution in [2.75, 3.05) is 19.6 Å². The van der Waals surface area contributed by atoms with Gasteiger partial charge in [-0.15, -0.1) is 0 Å². The van der Waals surface area contributed by atoms with Crippen LogP contribution in [-0.4, -0.2) is 30.8 Å². The molecule has 50 valence electrons. The van der Waals surface area contributed by atoms with Crippen molar-refractivity contribution in [3.63, 3.8) is 0 Å². The fourth-order valence-corrected chi connectivity index (χ4v) is 0.413. The van der Waals surface area contributed by atoms with E-state index in [1.165, 1.54) is 0 Å². The minimum Gasteiger partial charge on any atom is -0.392 e. The number of hydrogen-bond acceptors (Lipinski definition) is 3. The van der Waals surface area contributed by atoms with Crippen LogP contribution in [0.2, 0.25) is 0 Å². The second kappa shape index (κ2) is 5.03. The quantitative estimate of drug-likeness (QED) is 0.411. The Bertz CT molecular complexity index is 47.7. The van der Waals surface area contributed by atoms with Crippen LogP contribution in [-0.2, 0) is 0 Å². The second-order valence-electron chi connectivity index (χ2n) is 1.84. The van der Waals surface area contributed by atoms with Crippen molar-refractivity contribution < 1.29 is 5.11 Å². The molecule has 0 saturated carbocycles. The highest BCUT2D eigenvalue weighted by atomic mass is 16.3. The Morgan fingerprint density at radius 3 is 2.75 bits per heavy atom. The van der Waals surface area contributed by atoms with Gasteiger partial charge in [0.2, 0.25) is 0 Å². The van der Waals surface area contributed by atoms with Gasteiger partial charge >= 0.3 is 0 Å². The fourth-order valence-electron chi connectivity index (χ4n) is 0.413. The molecule has 0 saturated heterocycles. The Morgan fingerprint density at radius 2 is 2.38 bits per heavy atom. The lowest BCUT2D eigenvalue weighted by atomic mass is 10.4. The van der Waals surface area contributed by atoms with Crippen LogP contribution in [0.4, 0.5) is 0 Å². The van der Waals surface area contributed by atoms with Gasteiger partial charge in [-0.2, -0.15) is 0 Å². The fraction of sp³-hybridized carbons (Fsp3) is 1.00. The van der Waals surface area contributed by atoms with Crippen LogP contribution in [0.15, 0.2) is 0 Å². The molecule has 0 fully saturated rings. The van der Waals surface area contributed by atoms with Crippen LogP contribution in [0.25, 0.3) is 0 Å². The first-order valence-electron chi connectivity index (χ1n) is 2.86. The van der Waals surface area contributed by atoms with Gasteiger partial charge in [0.1, 0.15) is 0 Å². The van der Waals surface area contributed by atoms with E-state index in [1.807, 2.05) is 0 Å². The highest BCUT2D eigenvalue weighted by Crippen LogP contribution is 1.71. The van der Waals surface area contributed by atoms with Gasteiger partial charge in [-0.3, -0.25) is 0 Å². The van der Waals surface area contributed by atoms with Crippen LogP contribution >= 0.6 is 0 Å². The molecule has 0 aliphatic carbocycles. The number of aliphatic hydroxyl groups excluding tert-OH is 1. The normalized spacial score (nSPS) is 13.9. The maximum absolute atomic E-state index is 8.68. The molecular formula is C5H14N2O. The van der Waals surface area contributed by atoms with Crippen molar-refractivity contribution in [1.29, 1.82) is 0 Å². The highest BCUT2D eigenvalue weighted by Gasteiger charge is 1.90. The topological polar surface area (TPSA) is 58.3 Å². The minimum atomic E-state index is -0.262. The maximum Gasteiger partial charge on any atom is 0.0636 e. The summed E-state index contributed by atoms with van der Waals surface area (Å²) in [6.07, 6.45) is -0.262. The molecule has 0 aromatic carbocycles. The minimum absolute atomic E-state index is 0.262. The lowest BCUT2D eigenvalue weighted by molar-refractivity contribution is 0.192. The molecule has 0 radical (unpaired) electrons. The molecule has 3 nitrogen and oxygen atoms in total. The molecule has 0 bridgehead atoms. The second-order valence-corrected chi connectivity index (χ2v) is 1.84. The van der Waals surface area contributed by atoms with Crippen molar-refractivity contribution in [2.24, 2.45) is 5.73 Å². The predicted molar refractivity (Wildman–Crippen MR) is 33.6 cm³/mol. The van der Waals surface area contributed by atoms with E-state index in [0.29, 0.717) is 13.1 Å². The number of aliphatic hydroxyl groups is 1. The van der Waals surface area contributed by atoms with Gasteiger partial charge in [-0.25, -0.2) is 0 Å². The summed E-state index contributed by atoms with van der Waals surface area (Å²) in [5.41, 5.74) is 5.17. The van der Waals surface area contributed by atoms with Crippen LogP contribution in [0.5, 0.6) is 0 Å². The molecule has 0 spiro atoms. The first-order chi connectivity index (χ1) is 3.77. The predicted octanol–water partition coefficient (Wildman–Crippen LogP) is -1.08. The molecule has 0 amide bonds. The molecule has 0 unspecified atom stereocenters. The smallest absolute Gasteiger partial charge is 0.0636 e. The summed E-state index contributed by atoms with van der Waals surface area (Å²) >= 11 is 0. The SMILES string of the molecule is C[C@@H](O)CNCCN. The van der Waals surface area contributed by atoms with E-state index in [9.17, 15) is 0 Å². The van der Waals surface area contributed by atoms with E-state index in [2.05, 4.69) is 5.32 Å². The van der Waals surface area contributed by atoms with Crippen molar-refractivity contribution in [3.05, 3.63) is 0 Å². The standard InChI is InChI=1S/C5H14N2O/c1-5(8)4-7-3-2-6/h5,7-8H,2-4,6H2,1H3/t5-/m1/s1. The van der Waals surface area contributed by atoms with Crippen molar-refractivity contribution in [1.82, 2.24) is 5.32 Å². The average molecular weight is 118 g/mol. The maximum atomic E-state index is 8.68. The van der Waals surface area contributed by atoms with Gasteiger partial charge in [-0.1, -0.05) is 0 Å². The van der Waals surface area contributed by atoms with E-state index in [4.69, 9.17) is 10.8 Å². The lowest BCUT2D eigenvalue weighted by Gasteiger charge is -2.03. The molecule has 0 aromatic rings. The first-order valence-corrected chi connectivity index (χ1v) is 2.86. The van der Waals surface area contributed by atoms with Crippen LogP contribution < -0.4 is 11.1 Å². The Morgan fingerprint density at radius 1 is 1.75 bits per heavy atom. The Kier molecular flexibility index (Phi) is 4.95. The molecule has 0 rings (SSSR count). The van der Waals surface area contributed by atoms with Gasteiger partial charge in [0.05, 0.1) is 6.10 Å². The van der Waals surface area contributed by atoms with Gasteiger partial charge in [-0.05, 0) is 6.92 Å². The van der Waals surface area contributed by atoms with E-state index in [-0.39, 0.29) is 6.10 Å². The van der Waals surface area contributed by atoms with Crippen molar-refractivity contribution in [3.8, 4) is 0 Å². The van der Waals surface area contributed by atoms with E-state index in [1.54, 1.807) is 6.92 Å². The monoisotopic (exact) mass is 118 g/mol. The third kappa shape index (κ3) is 5.88. The Labute approximate surface area is 49.9 Å². The summed E-state index contributed by atoms with van der Waals surface area (Å²) in [6.45, 7) is 3.79. The van der Waals surface area contributed by atoms with E-state index >= 15 is 0 Å². The number of hydrogen-bond donors (Lipinski definition) is 3. The summed E-state index contributed by atoms with van der Waals surface area (Å²) in [4.78, 5) is 0. The summed E-state index contributed by atoms with van der Waals surface area (Å²) in [5, 5.41) is 11.6. The molecule has 0 aliphatic heterocycles. The molecule has 3 heteroatoms. The summed E-state index contributed by atoms with van der Waals surface area (Å²) < 4.78 is 0. The Balaban J connectivity index is 2.72. The molecule has 8 heavy (non-hydrogen) atoms. The largest absolute Gasteiger partial charge is 0.392 e. The van der Waals surface area contributed by atoms with Crippen molar-refractivity contribution in [2.45, 2.75) is 13.0 Å². The molecule has 4 N–H and O–H groups in total. The zero-order valence-electron chi connectivity index (χ0n) is 5.22. The molecule has 1 atom stereocenters. The first kappa shape index (κ1) is 7.88. The lowest BCUT2D eigenvalue weighted by Crippen LogP contribution is -2.29. The van der Waals surface area contributed by atoms with Crippen LogP contribution in [0.3, 0.4) is 0 Å². The van der Waals surface area contributed by atoms with Gasteiger partial charge in [0.25, 0.3) is 0 Å². The molecular weight excluding hydrogens is 104 g/mol. The highest BCUT2D eigenvalue weighted by molar-refractivity contribution is 4.51. The van der Waals surface area contributed by atoms with E-state index in [0.717, 1.165) is 6.54 Å². The molecule has 0 aliphatic rings. The average Bonchev–Trinajstić information content (AvgIpc) is 1.66. The summed E-state index contributed by atoms with van der Waals surface area (Å²) in [5.74, 6) is 0. The number of rotatable bonds is 4. The number of nitrogens with one attached hydrogen (secondary N) is 1. The zero-order valence-corrected chi connectivity index (χ0v) is 5.22. The third-order valence-corrected chi connectivity index (χ3v) is 0.761. The third-order valence-electron chi connectivity index (χ3n) is 0.761. The van der Waals surface area contributed by atoms with Crippen molar-refractivity contribution >= 4 is 0 Å².